The summed E-state index contributed by atoms with van der Waals surface area (Å²) in [6.07, 6.45) is 5.73. The smallest absolute Gasteiger partial charge is 0.300 e. The number of phenols is 2. The third-order valence-electron chi connectivity index (χ3n) is 2.88. The van der Waals surface area contributed by atoms with Crippen LogP contribution in [0.15, 0.2) is 46.6 Å². The Morgan fingerprint density at radius 2 is 1.56 bits per heavy atom. The molecule has 0 saturated heterocycles. The summed E-state index contributed by atoms with van der Waals surface area (Å²) in [5.41, 5.74) is 2.89. The van der Waals surface area contributed by atoms with E-state index >= 15 is 0 Å². The maximum Gasteiger partial charge on any atom is 0.300 e. The van der Waals surface area contributed by atoms with Gasteiger partial charge in [0.1, 0.15) is 17.3 Å². The molecule has 0 aliphatic heterocycles. The summed E-state index contributed by atoms with van der Waals surface area (Å²) in [4.78, 5) is 18.0. The van der Waals surface area contributed by atoms with E-state index in [-0.39, 0.29) is 11.5 Å². The number of allylic oxidation sites excluding steroid dienone is 2. The number of hydrogen-bond donors (Lipinski definition) is 4. The summed E-state index contributed by atoms with van der Waals surface area (Å²) in [6, 6.07) is 6.29. The molecular weight excluding hydrogens is 352 g/mol. The highest BCUT2D eigenvalue weighted by Gasteiger charge is 2.10. The lowest BCUT2D eigenvalue weighted by atomic mass is 10.1. The molecule has 148 valence electrons. The van der Waals surface area contributed by atoms with Crippen molar-refractivity contribution in [3.63, 3.8) is 0 Å². The summed E-state index contributed by atoms with van der Waals surface area (Å²) in [7, 11) is 0. The largest absolute Gasteiger partial charge is 0.508 e. The minimum atomic E-state index is -0.833. The SMILES string of the molecule is CC(=O)O.CC(=O)O.CC(C)=CCCc1coc(-c2cc(O)ccc2O)c1. The third kappa shape index (κ3) is 11.9. The van der Waals surface area contributed by atoms with Gasteiger partial charge in [0.2, 0.25) is 0 Å². The quantitative estimate of drug-likeness (QED) is 0.457. The second kappa shape index (κ2) is 12.2. The number of aliphatic carboxylic acids is 2. The van der Waals surface area contributed by atoms with Gasteiger partial charge in [-0.05, 0) is 56.5 Å². The number of benzene rings is 1. The molecule has 2 rings (SSSR count). The standard InChI is InChI=1S/C16H18O3.2C2H4O2/c1-11(2)4-3-5-12-8-16(19-10-12)14-9-13(17)6-7-15(14)18;2*1-2(3)4/h4,6-10,17-18H,3,5H2,1-2H3;2*1H3,(H,3,4). The van der Waals surface area contributed by atoms with E-state index < -0.39 is 11.9 Å². The first-order valence-corrected chi connectivity index (χ1v) is 8.15. The molecule has 7 nitrogen and oxygen atoms in total. The first-order chi connectivity index (χ1) is 12.5. The molecule has 4 N–H and O–H groups in total. The lowest BCUT2D eigenvalue weighted by Gasteiger charge is -2.01. The molecule has 0 radical (unpaired) electrons. The van der Waals surface area contributed by atoms with E-state index in [0.29, 0.717) is 11.3 Å². The number of phenolic OH excluding ortho intramolecular Hbond substituents is 2. The van der Waals surface area contributed by atoms with E-state index in [1.54, 1.807) is 6.26 Å². The molecule has 1 aromatic heterocycles. The Morgan fingerprint density at radius 3 is 2.07 bits per heavy atom. The van der Waals surface area contributed by atoms with Crippen LogP contribution in [0.4, 0.5) is 0 Å². The Labute approximate surface area is 158 Å². The van der Waals surface area contributed by atoms with E-state index in [9.17, 15) is 10.2 Å². The van der Waals surface area contributed by atoms with E-state index in [1.807, 2.05) is 6.07 Å². The molecule has 0 saturated carbocycles. The highest BCUT2D eigenvalue weighted by Crippen LogP contribution is 2.33. The lowest BCUT2D eigenvalue weighted by Crippen LogP contribution is -1.79. The number of hydrogen-bond acceptors (Lipinski definition) is 5. The fraction of sp³-hybridized carbons (Fsp3) is 0.300. The van der Waals surface area contributed by atoms with Crippen LogP contribution in [-0.2, 0) is 16.0 Å². The van der Waals surface area contributed by atoms with Gasteiger partial charge < -0.3 is 24.8 Å². The van der Waals surface area contributed by atoms with Gasteiger partial charge in [-0.1, -0.05) is 11.6 Å². The van der Waals surface area contributed by atoms with Gasteiger partial charge in [0, 0.05) is 13.8 Å². The molecule has 0 bridgehead atoms. The number of carboxylic acid groups (broad SMARTS) is 2. The summed E-state index contributed by atoms with van der Waals surface area (Å²) in [5, 5.41) is 34.0. The van der Waals surface area contributed by atoms with Crippen molar-refractivity contribution in [1.82, 2.24) is 0 Å². The first-order valence-electron chi connectivity index (χ1n) is 8.15. The Hall–Kier alpha value is -3.22. The number of carbonyl (C=O) groups is 2. The molecule has 0 aliphatic rings. The summed E-state index contributed by atoms with van der Waals surface area (Å²) in [6.45, 7) is 6.32. The van der Waals surface area contributed by atoms with Crippen molar-refractivity contribution in [3.05, 3.63) is 47.7 Å². The predicted octanol–water partition coefficient (Wildman–Crippen LogP) is 4.44. The molecule has 0 fully saturated rings. The minimum Gasteiger partial charge on any atom is -0.508 e. The van der Waals surface area contributed by atoms with E-state index in [2.05, 4.69) is 19.9 Å². The van der Waals surface area contributed by atoms with Crippen LogP contribution < -0.4 is 0 Å². The highest BCUT2D eigenvalue weighted by atomic mass is 16.4. The van der Waals surface area contributed by atoms with Crippen molar-refractivity contribution in [2.45, 2.75) is 40.5 Å². The van der Waals surface area contributed by atoms with Gasteiger partial charge >= 0.3 is 0 Å². The molecule has 0 unspecified atom stereocenters. The van der Waals surface area contributed by atoms with Crippen LogP contribution in [0.3, 0.4) is 0 Å². The topological polar surface area (TPSA) is 128 Å². The van der Waals surface area contributed by atoms with Crippen LogP contribution in [0.5, 0.6) is 11.5 Å². The third-order valence-corrected chi connectivity index (χ3v) is 2.88. The van der Waals surface area contributed by atoms with Crippen LogP contribution in [0.1, 0.15) is 39.7 Å². The van der Waals surface area contributed by atoms with Crippen LogP contribution in [0.25, 0.3) is 11.3 Å². The van der Waals surface area contributed by atoms with E-state index in [1.165, 1.54) is 23.8 Å². The van der Waals surface area contributed by atoms with Gasteiger partial charge in [-0.25, -0.2) is 0 Å². The normalized spacial score (nSPS) is 9.19. The number of carboxylic acids is 2. The fourth-order valence-corrected chi connectivity index (χ4v) is 1.90. The average Bonchev–Trinajstić information content (AvgIpc) is 2.97. The second-order valence-corrected chi connectivity index (χ2v) is 5.88. The van der Waals surface area contributed by atoms with Crippen LogP contribution in [0.2, 0.25) is 0 Å². The van der Waals surface area contributed by atoms with Crippen LogP contribution in [-0.4, -0.2) is 32.4 Å². The van der Waals surface area contributed by atoms with Crippen molar-refractivity contribution >= 4 is 11.9 Å². The predicted molar refractivity (Wildman–Crippen MR) is 102 cm³/mol. The van der Waals surface area contributed by atoms with Gasteiger partial charge in [0.15, 0.2) is 0 Å². The Bertz CT molecular complexity index is 748. The Kier molecular flexibility index (Phi) is 10.7. The van der Waals surface area contributed by atoms with Crippen LogP contribution in [0, 0.1) is 0 Å². The van der Waals surface area contributed by atoms with Crippen molar-refractivity contribution in [1.29, 1.82) is 0 Å². The molecular formula is C20H26O7. The molecule has 1 aromatic carbocycles. The minimum absolute atomic E-state index is 0.1000. The monoisotopic (exact) mass is 378 g/mol. The van der Waals surface area contributed by atoms with Crippen molar-refractivity contribution < 1.29 is 34.4 Å². The average molecular weight is 378 g/mol. The van der Waals surface area contributed by atoms with Crippen molar-refractivity contribution in [2.75, 3.05) is 0 Å². The number of aryl methyl sites for hydroxylation is 1. The summed E-state index contributed by atoms with van der Waals surface area (Å²) < 4.78 is 5.45. The lowest BCUT2D eigenvalue weighted by molar-refractivity contribution is -0.135. The Balaban J connectivity index is 0.000000718. The van der Waals surface area contributed by atoms with Crippen molar-refractivity contribution in [2.24, 2.45) is 0 Å². The van der Waals surface area contributed by atoms with Crippen molar-refractivity contribution in [3.8, 4) is 22.8 Å². The molecule has 7 heteroatoms. The van der Waals surface area contributed by atoms with Gasteiger partial charge in [-0.15, -0.1) is 0 Å². The van der Waals surface area contributed by atoms with E-state index in [0.717, 1.165) is 32.3 Å². The molecule has 0 amide bonds. The molecule has 27 heavy (non-hydrogen) atoms. The molecule has 0 aliphatic carbocycles. The first kappa shape index (κ1) is 23.8. The van der Waals surface area contributed by atoms with Gasteiger partial charge in [0.25, 0.3) is 11.9 Å². The van der Waals surface area contributed by atoms with Crippen LogP contribution >= 0.6 is 0 Å². The maximum absolute atomic E-state index is 9.77. The number of furan rings is 1. The molecule has 0 spiro atoms. The van der Waals surface area contributed by atoms with Gasteiger partial charge in [-0.2, -0.15) is 0 Å². The number of rotatable bonds is 4. The zero-order valence-corrected chi connectivity index (χ0v) is 15.9. The zero-order valence-electron chi connectivity index (χ0n) is 15.9. The number of aromatic hydroxyl groups is 2. The van der Waals surface area contributed by atoms with Gasteiger partial charge in [-0.3, -0.25) is 9.59 Å². The zero-order chi connectivity index (χ0) is 21.0. The molecule has 0 atom stereocenters. The molecule has 1 heterocycles. The molecule has 2 aromatic rings. The highest BCUT2D eigenvalue weighted by molar-refractivity contribution is 5.67. The Morgan fingerprint density at radius 1 is 1.00 bits per heavy atom. The second-order valence-electron chi connectivity index (χ2n) is 5.88. The van der Waals surface area contributed by atoms with Gasteiger partial charge in [0.05, 0.1) is 11.8 Å². The summed E-state index contributed by atoms with van der Waals surface area (Å²) >= 11 is 0. The van der Waals surface area contributed by atoms with E-state index in [4.69, 9.17) is 24.2 Å². The maximum atomic E-state index is 9.77. The summed E-state index contributed by atoms with van der Waals surface area (Å²) in [5.74, 6) is -0.890. The fourth-order valence-electron chi connectivity index (χ4n) is 1.90.